The summed E-state index contributed by atoms with van der Waals surface area (Å²) in [6, 6.07) is 18.2. The van der Waals surface area contributed by atoms with Crippen molar-refractivity contribution in [2.24, 2.45) is 0 Å². The fourth-order valence-corrected chi connectivity index (χ4v) is 22.3. The van der Waals surface area contributed by atoms with E-state index in [4.69, 9.17) is 0 Å². The van der Waals surface area contributed by atoms with E-state index in [0.29, 0.717) is 5.92 Å². The smallest absolute Gasteiger partial charge is 1.00 e. The molecule has 2 aromatic carbocycles. The Morgan fingerprint density at radius 2 is 1.44 bits per heavy atom. The molecule has 0 bridgehead atoms. The molecule has 0 N–H and O–H groups in total. The summed E-state index contributed by atoms with van der Waals surface area (Å²) < 4.78 is 5.07. The van der Waals surface area contributed by atoms with Crippen LogP contribution in [0.1, 0.15) is 51.6 Å². The summed E-state index contributed by atoms with van der Waals surface area (Å²) >= 11 is -2.09. The predicted molar refractivity (Wildman–Crippen MR) is 105 cm³/mol. The van der Waals surface area contributed by atoms with E-state index in [1.165, 1.54) is 24.0 Å². The fourth-order valence-electron chi connectivity index (χ4n) is 5.51. The number of benzene rings is 2. The molecule has 1 fully saturated rings. The minimum absolute atomic E-state index is 0. The Balaban J connectivity index is 0.00000105. The minimum atomic E-state index is -2.09. The molecule has 3 heteroatoms. The van der Waals surface area contributed by atoms with Crippen molar-refractivity contribution >= 4 is 12.2 Å². The number of allylic oxidation sites excluding steroid dienone is 2. The average Bonchev–Trinajstić information content (AvgIpc) is 3.17. The third-order valence-electron chi connectivity index (χ3n) is 6.99. The number of hydrogen-bond acceptors (Lipinski definition) is 0. The first kappa shape index (κ1) is 21.1. The molecular formula is C24H26Cl2Zr. The molecule has 0 radical (unpaired) electrons. The second-order valence-corrected chi connectivity index (χ2v) is 20.2. The van der Waals surface area contributed by atoms with Gasteiger partial charge in [0.25, 0.3) is 0 Å². The van der Waals surface area contributed by atoms with Gasteiger partial charge in [-0.25, -0.2) is 0 Å². The third kappa shape index (κ3) is 3.57. The Bertz CT molecular complexity index is 866. The van der Waals surface area contributed by atoms with E-state index in [2.05, 4.69) is 79.8 Å². The maximum atomic E-state index is 2.59. The first-order valence-electron chi connectivity index (χ1n) is 9.86. The zero-order valence-electron chi connectivity index (χ0n) is 15.7. The summed E-state index contributed by atoms with van der Waals surface area (Å²) in [5.74, 6) is 0.663. The Labute approximate surface area is 180 Å². The molecule has 1 saturated heterocycles. The van der Waals surface area contributed by atoms with Crippen LogP contribution in [0.5, 0.6) is 0 Å². The first-order valence-corrected chi connectivity index (χ1v) is 16.2. The Kier molecular flexibility index (Phi) is 6.57. The van der Waals surface area contributed by atoms with Gasteiger partial charge in [0.05, 0.1) is 0 Å². The number of hydrogen-bond donors (Lipinski definition) is 0. The third-order valence-corrected chi connectivity index (χ3v) is 20.9. The van der Waals surface area contributed by atoms with Crippen molar-refractivity contribution in [1.82, 2.24) is 0 Å². The fraction of sp³-hybridized carbons (Fsp3) is 0.333. The SMILES string of the molecule is CC[CH](CC1C=Cc2ccccc21)[Zr+2]1([CH]2C=Cc3ccccc32)[CH2][CH2]1.[Cl-].[Cl-]. The van der Waals surface area contributed by atoms with Crippen molar-refractivity contribution < 1.29 is 45.1 Å². The van der Waals surface area contributed by atoms with Gasteiger partial charge in [0, 0.05) is 0 Å². The Morgan fingerprint density at radius 1 is 0.852 bits per heavy atom. The molecule has 27 heavy (non-hydrogen) atoms. The maximum Gasteiger partial charge on any atom is -1.00 e. The molecule has 2 aliphatic carbocycles. The molecule has 1 heterocycles. The van der Waals surface area contributed by atoms with Gasteiger partial charge in [0.15, 0.2) is 0 Å². The molecule has 0 saturated carbocycles. The molecule has 2 aromatic rings. The summed E-state index contributed by atoms with van der Waals surface area (Å²) in [5, 5.41) is 0. The Morgan fingerprint density at radius 3 is 2.11 bits per heavy atom. The standard InChI is InChI=1S/C13H15.C9H7.C2H4.2ClH.Zr/c1-2-3-6-11-9-10-12-7-4-5-8-13(11)12;1-2-5-9-7-3-6-8(9)4-1;1-2;;;/h3-5,7-11H,2,6H2,1H3;1-7H;1-2H2;2*1H;/q;;;;;+2/p-2. The van der Waals surface area contributed by atoms with E-state index in [-0.39, 0.29) is 24.8 Å². The molecule has 1 aliphatic heterocycles. The van der Waals surface area contributed by atoms with Crippen LogP contribution < -0.4 is 24.8 Å². The molecule has 0 nitrogen and oxygen atoms in total. The van der Waals surface area contributed by atoms with Crippen molar-refractivity contribution in [3.8, 4) is 0 Å². The maximum absolute atomic E-state index is 2.59. The summed E-state index contributed by atoms with van der Waals surface area (Å²) in [5.41, 5.74) is 6.19. The van der Waals surface area contributed by atoms with Crippen molar-refractivity contribution in [1.29, 1.82) is 0 Å². The van der Waals surface area contributed by atoms with Crippen LogP contribution >= 0.6 is 0 Å². The van der Waals surface area contributed by atoms with Crippen molar-refractivity contribution in [3.05, 3.63) is 82.9 Å². The number of halogens is 2. The topological polar surface area (TPSA) is 0 Å². The molecule has 3 unspecified atom stereocenters. The molecule has 140 valence electrons. The molecule has 0 aromatic heterocycles. The largest absolute Gasteiger partial charge is 1.00 e. The number of fused-ring (bicyclic) bond motifs is 2. The summed E-state index contributed by atoms with van der Waals surface area (Å²) in [6.45, 7) is 2.46. The summed E-state index contributed by atoms with van der Waals surface area (Å²) in [4.78, 5) is 0. The van der Waals surface area contributed by atoms with Crippen LogP contribution in [0.15, 0.2) is 60.7 Å². The average molecular weight is 477 g/mol. The van der Waals surface area contributed by atoms with Crippen LogP contribution in [-0.2, 0) is 20.3 Å². The van der Waals surface area contributed by atoms with Crippen LogP contribution in [0.4, 0.5) is 0 Å². The van der Waals surface area contributed by atoms with Gasteiger partial charge in [-0.05, 0) is 0 Å². The van der Waals surface area contributed by atoms with Gasteiger partial charge >= 0.3 is 157 Å². The van der Waals surface area contributed by atoms with E-state index in [0.717, 1.165) is 7.25 Å². The molecule has 3 atom stereocenters. The van der Waals surface area contributed by atoms with Gasteiger partial charge in [-0.1, -0.05) is 0 Å². The molecular weight excluding hydrogens is 450 g/mol. The summed E-state index contributed by atoms with van der Waals surface area (Å²) in [7, 11) is 0. The van der Waals surface area contributed by atoms with Gasteiger partial charge in [-0.3, -0.25) is 0 Å². The van der Waals surface area contributed by atoms with Gasteiger partial charge < -0.3 is 24.8 Å². The van der Waals surface area contributed by atoms with E-state index in [1.807, 2.05) is 0 Å². The van der Waals surface area contributed by atoms with Gasteiger partial charge in [-0.15, -0.1) is 0 Å². The quantitative estimate of drug-likeness (QED) is 0.608. The van der Waals surface area contributed by atoms with E-state index in [9.17, 15) is 0 Å². The van der Waals surface area contributed by atoms with Crippen LogP contribution in [0.2, 0.25) is 11.9 Å². The minimum Gasteiger partial charge on any atom is -1.00 e. The Hall–Kier alpha value is -0.617. The van der Waals surface area contributed by atoms with Crippen LogP contribution in [0.3, 0.4) is 0 Å². The van der Waals surface area contributed by atoms with Gasteiger partial charge in [-0.2, -0.15) is 0 Å². The predicted octanol–water partition coefficient (Wildman–Crippen LogP) is 1.17. The summed E-state index contributed by atoms with van der Waals surface area (Å²) in [6.07, 6.45) is 12.6. The second kappa shape index (κ2) is 8.40. The monoisotopic (exact) mass is 474 g/mol. The van der Waals surface area contributed by atoms with Crippen LogP contribution in [0, 0.1) is 0 Å². The van der Waals surface area contributed by atoms with E-state index >= 15 is 0 Å². The second-order valence-electron chi connectivity index (χ2n) is 8.13. The normalized spacial score (nSPS) is 22.6. The van der Waals surface area contributed by atoms with E-state index in [1.54, 1.807) is 19.4 Å². The molecule has 5 rings (SSSR count). The van der Waals surface area contributed by atoms with E-state index < -0.39 is 20.3 Å². The molecule has 0 amide bonds. The van der Waals surface area contributed by atoms with Gasteiger partial charge in [0.2, 0.25) is 0 Å². The van der Waals surface area contributed by atoms with Crippen LogP contribution in [-0.4, -0.2) is 0 Å². The first-order chi connectivity index (χ1) is 12.3. The zero-order chi connectivity index (χ0) is 16.9. The molecule has 0 spiro atoms. The number of rotatable bonds is 5. The van der Waals surface area contributed by atoms with Crippen molar-refractivity contribution in [2.45, 2.75) is 41.2 Å². The van der Waals surface area contributed by atoms with Crippen molar-refractivity contribution in [2.75, 3.05) is 0 Å². The molecule has 3 aliphatic rings. The zero-order valence-corrected chi connectivity index (χ0v) is 19.7. The van der Waals surface area contributed by atoms with Crippen molar-refractivity contribution in [3.63, 3.8) is 0 Å². The van der Waals surface area contributed by atoms with Gasteiger partial charge in [0.1, 0.15) is 0 Å². The van der Waals surface area contributed by atoms with Crippen LogP contribution in [0.25, 0.3) is 12.2 Å².